The van der Waals surface area contributed by atoms with Crippen molar-refractivity contribution in [3.8, 4) is 17.0 Å². The van der Waals surface area contributed by atoms with Gasteiger partial charge in [-0.15, -0.1) is 0 Å². The number of aromatic amines is 3. The van der Waals surface area contributed by atoms with Crippen LogP contribution in [0.25, 0.3) is 22.2 Å². The van der Waals surface area contributed by atoms with Gasteiger partial charge >= 0.3 is 12.1 Å². The van der Waals surface area contributed by atoms with E-state index in [1.165, 1.54) is 18.2 Å². The zero-order chi connectivity index (χ0) is 28.7. The number of carbonyl (C=O) groups is 3. The molecule has 11 heteroatoms. The molecule has 0 fully saturated rings. The van der Waals surface area contributed by atoms with Crippen molar-refractivity contribution in [2.75, 3.05) is 0 Å². The number of hydrogen-bond acceptors (Lipinski definition) is 4. The first-order valence-corrected chi connectivity index (χ1v) is 12.9. The number of alkyl halides is 3. The fraction of sp³-hybridized carbons (Fsp3) is 0.310. The molecular weight excluding hydrogens is 525 g/mol. The number of hydrogen-bond donors (Lipinski definition) is 3. The van der Waals surface area contributed by atoms with E-state index in [1.54, 1.807) is 13.1 Å². The van der Waals surface area contributed by atoms with Crippen LogP contribution in [0.4, 0.5) is 13.2 Å². The van der Waals surface area contributed by atoms with Crippen LogP contribution in [-0.4, -0.2) is 33.8 Å². The summed E-state index contributed by atoms with van der Waals surface area (Å²) < 4.78 is 42.3. The number of benzene rings is 2. The van der Waals surface area contributed by atoms with Crippen molar-refractivity contribution in [2.45, 2.75) is 57.7 Å². The number of rotatable bonds is 12. The van der Waals surface area contributed by atoms with Crippen molar-refractivity contribution < 1.29 is 37.3 Å². The Morgan fingerprint density at radius 1 is 1.05 bits per heavy atom. The number of ether oxygens (including phenoxy) is 1. The standard InChI is InChI=1S/C29H29F3N4O4/c1-18(37)8-4-2-7-11-24(27-34-17-25(36-27)19-9-5-3-6-10-19)35-26(38)14-20-16-33-23-13-12-21(15-22(20)23)40-28(39)29(30,31)32/h3,5-6,9-10,12-13,15-17,24,33H,2,4,7-8,11,14H2,1H3,(H,34,36)(H,35,38)/p+1/t24-/m0/s1. The molecule has 4 N–H and O–H groups in total. The van der Waals surface area contributed by atoms with E-state index in [0.717, 1.165) is 36.3 Å². The van der Waals surface area contributed by atoms with Gasteiger partial charge in [-0.05, 0) is 43.5 Å². The third-order valence-corrected chi connectivity index (χ3v) is 6.46. The Bertz CT molecular complexity index is 1480. The number of imidazole rings is 1. The molecular formula is C29H30F3N4O4+. The monoisotopic (exact) mass is 555 g/mol. The third-order valence-electron chi connectivity index (χ3n) is 6.46. The van der Waals surface area contributed by atoms with Crippen LogP contribution in [-0.2, 0) is 20.8 Å². The second kappa shape index (κ2) is 12.6. The molecule has 1 atom stereocenters. The van der Waals surface area contributed by atoms with Crippen molar-refractivity contribution in [2.24, 2.45) is 0 Å². The van der Waals surface area contributed by atoms with Crippen LogP contribution in [0.3, 0.4) is 0 Å². The quantitative estimate of drug-likeness (QED) is 0.124. The second-order valence-corrected chi connectivity index (χ2v) is 9.61. The Balaban J connectivity index is 1.48. The predicted octanol–water partition coefficient (Wildman–Crippen LogP) is 5.38. The summed E-state index contributed by atoms with van der Waals surface area (Å²) in [6.45, 7) is 1.57. The van der Waals surface area contributed by atoms with Gasteiger partial charge in [0.15, 0.2) is 5.69 Å². The van der Waals surface area contributed by atoms with E-state index in [0.29, 0.717) is 29.3 Å². The van der Waals surface area contributed by atoms with E-state index in [4.69, 9.17) is 0 Å². The molecule has 2 aromatic carbocycles. The third kappa shape index (κ3) is 7.58. The molecule has 2 heterocycles. The van der Waals surface area contributed by atoms with Gasteiger partial charge in [0.05, 0.1) is 6.42 Å². The number of ketones is 1. The van der Waals surface area contributed by atoms with Crippen LogP contribution < -0.4 is 15.0 Å². The highest BCUT2D eigenvalue weighted by molar-refractivity contribution is 5.90. The Kier molecular flexibility index (Phi) is 9.03. The number of Topliss-reactive ketones (excluding diaryl/α,β-unsaturated/α-hetero) is 1. The lowest BCUT2D eigenvalue weighted by Crippen LogP contribution is -2.33. The van der Waals surface area contributed by atoms with Gasteiger partial charge in [0.25, 0.3) is 5.82 Å². The summed E-state index contributed by atoms with van der Waals surface area (Å²) in [6.07, 6.45) is 1.80. The van der Waals surface area contributed by atoms with E-state index in [-0.39, 0.29) is 29.9 Å². The lowest BCUT2D eigenvalue weighted by atomic mass is 10.0. The molecule has 2 aromatic heterocycles. The number of esters is 1. The average Bonchev–Trinajstić information content (AvgIpc) is 3.55. The summed E-state index contributed by atoms with van der Waals surface area (Å²) in [7, 11) is 0. The first kappa shape index (κ1) is 28.6. The predicted molar refractivity (Wildman–Crippen MR) is 141 cm³/mol. The molecule has 4 rings (SSSR count). The van der Waals surface area contributed by atoms with Crippen LogP contribution in [0.1, 0.15) is 56.5 Å². The Morgan fingerprint density at radius 3 is 2.55 bits per heavy atom. The summed E-state index contributed by atoms with van der Waals surface area (Å²) in [5, 5.41) is 3.52. The van der Waals surface area contributed by atoms with E-state index < -0.39 is 12.1 Å². The number of carbonyl (C=O) groups excluding carboxylic acids is 3. The van der Waals surface area contributed by atoms with Gasteiger partial charge in [-0.2, -0.15) is 13.2 Å². The minimum Gasteiger partial charge on any atom is -0.420 e. The molecule has 0 aliphatic heterocycles. The SMILES string of the molecule is CC(=O)CCCCC[C@H](NC(=O)Cc1c[nH]c2ccc(OC(=O)C(F)(F)F)cc12)c1[nH]c(-c2ccccc2)c[nH+]1. The van der Waals surface area contributed by atoms with Crippen molar-refractivity contribution >= 4 is 28.6 Å². The maximum absolute atomic E-state index is 13.2. The second-order valence-electron chi connectivity index (χ2n) is 9.61. The molecule has 0 spiro atoms. The summed E-state index contributed by atoms with van der Waals surface area (Å²) >= 11 is 0. The molecule has 0 aliphatic carbocycles. The van der Waals surface area contributed by atoms with Gasteiger partial charge < -0.3 is 19.8 Å². The van der Waals surface area contributed by atoms with Crippen LogP contribution in [0.2, 0.25) is 0 Å². The summed E-state index contributed by atoms with van der Waals surface area (Å²) in [6, 6.07) is 13.4. The van der Waals surface area contributed by atoms with Gasteiger partial charge in [-0.25, -0.2) is 14.8 Å². The number of unbranched alkanes of at least 4 members (excludes halogenated alkanes) is 2. The highest BCUT2D eigenvalue weighted by Gasteiger charge is 2.41. The molecule has 210 valence electrons. The molecule has 0 saturated heterocycles. The van der Waals surface area contributed by atoms with E-state index >= 15 is 0 Å². The first-order chi connectivity index (χ1) is 19.1. The van der Waals surface area contributed by atoms with Crippen LogP contribution in [0.15, 0.2) is 60.9 Å². The van der Waals surface area contributed by atoms with Crippen molar-refractivity contribution in [3.63, 3.8) is 0 Å². The first-order valence-electron chi connectivity index (χ1n) is 12.9. The smallest absolute Gasteiger partial charge is 0.420 e. The number of nitrogens with one attached hydrogen (secondary N) is 4. The maximum atomic E-state index is 13.2. The molecule has 0 aliphatic rings. The van der Waals surface area contributed by atoms with Crippen molar-refractivity contribution in [3.05, 3.63) is 72.3 Å². The number of aromatic nitrogens is 3. The topological polar surface area (TPSA) is 118 Å². The molecule has 4 aromatic rings. The number of fused-ring (bicyclic) bond motifs is 1. The lowest BCUT2D eigenvalue weighted by molar-refractivity contribution is -0.391. The highest BCUT2D eigenvalue weighted by atomic mass is 19.4. The van der Waals surface area contributed by atoms with E-state index in [1.807, 2.05) is 36.5 Å². The largest absolute Gasteiger partial charge is 0.491 e. The van der Waals surface area contributed by atoms with E-state index in [9.17, 15) is 27.6 Å². The van der Waals surface area contributed by atoms with E-state index in [2.05, 4.69) is 25.0 Å². The van der Waals surface area contributed by atoms with Gasteiger partial charge in [0.2, 0.25) is 5.91 Å². The Morgan fingerprint density at radius 2 is 1.82 bits per heavy atom. The van der Waals surface area contributed by atoms with Crippen molar-refractivity contribution in [1.82, 2.24) is 15.3 Å². The molecule has 1 amide bonds. The van der Waals surface area contributed by atoms with Crippen LogP contribution in [0.5, 0.6) is 5.75 Å². The average molecular weight is 556 g/mol. The number of halogens is 3. The van der Waals surface area contributed by atoms with Gasteiger partial charge in [-0.3, -0.25) is 4.79 Å². The normalized spacial score (nSPS) is 12.3. The molecule has 0 bridgehead atoms. The Hall–Kier alpha value is -4.41. The molecule has 0 radical (unpaired) electrons. The summed E-state index contributed by atoms with van der Waals surface area (Å²) in [5.74, 6) is -2.01. The molecule has 8 nitrogen and oxygen atoms in total. The summed E-state index contributed by atoms with van der Waals surface area (Å²) in [5.41, 5.74) is 2.97. The minimum atomic E-state index is -5.12. The maximum Gasteiger partial charge on any atom is 0.491 e. The fourth-order valence-corrected chi connectivity index (χ4v) is 4.47. The zero-order valence-electron chi connectivity index (χ0n) is 21.9. The summed E-state index contributed by atoms with van der Waals surface area (Å²) in [4.78, 5) is 45.2. The number of amides is 1. The molecule has 0 unspecified atom stereocenters. The van der Waals surface area contributed by atoms with Crippen LogP contribution >= 0.6 is 0 Å². The van der Waals surface area contributed by atoms with Crippen molar-refractivity contribution in [1.29, 1.82) is 0 Å². The zero-order valence-corrected chi connectivity index (χ0v) is 21.9. The van der Waals surface area contributed by atoms with Gasteiger partial charge in [0.1, 0.15) is 23.8 Å². The van der Waals surface area contributed by atoms with Gasteiger partial charge in [0, 0.05) is 29.1 Å². The van der Waals surface area contributed by atoms with Crippen LogP contribution in [0, 0.1) is 0 Å². The minimum absolute atomic E-state index is 0.0518. The van der Waals surface area contributed by atoms with Gasteiger partial charge in [-0.1, -0.05) is 43.2 Å². The Labute approximate surface area is 228 Å². The molecule has 40 heavy (non-hydrogen) atoms. The lowest BCUT2D eigenvalue weighted by Gasteiger charge is -2.14. The fourth-order valence-electron chi connectivity index (χ4n) is 4.47. The highest BCUT2D eigenvalue weighted by Crippen LogP contribution is 2.27. The number of H-pyrrole nitrogens is 3. The molecule has 0 saturated carbocycles.